The van der Waals surface area contributed by atoms with Crippen molar-refractivity contribution in [3.63, 3.8) is 0 Å². The first-order chi connectivity index (χ1) is 10.1. The monoisotopic (exact) mass is 331 g/mol. The molecule has 1 aromatic heterocycles. The largest absolute Gasteiger partial charge is 0.480 e. The second-order valence-corrected chi connectivity index (χ2v) is 7.71. The van der Waals surface area contributed by atoms with E-state index in [1.807, 2.05) is 0 Å². The van der Waals surface area contributed by atoms with E-state index < -0.39 is 0 Å². The minimum absolute atomic E-state index is 0.152. The van der Waals surface area contributed by atoms with Crippen molar-refractivity contribution in [1.29, 1.82) is 0 Å². The van der Waals surface area contributed by atoms with E-state index in [9.17, 15) is 0 Å². The molecule has 4 heteroatoms. The van der Waals surface area contributed by atoms with Crippen LogP contribution in [0.3, 0.4) is 0 Å². The fourth-order valence-corrected chi connectivity index (χ4v) is 4.13. The zero-order valence-corrected chi connectivity index (χ0v) is 15.6. The highest BCUT2D eigenvalue weighted by Gasteiger charge is 2.32. The van der Waals surface area contributed by atoms with Gasteiger partial charge < -0.3 is 4.74 Å². The van der Waals surface area contributed by atoms with Crippen LogP contribution < -0.4 is 4.74 Å². The molecule has 0 bridgehead atoms. The molecule has 0 N–H and O–H groups in total. The normalized spacial score (nSPS) is 14.1. The van der Waals surface area contributed by atoms with Crippen molar-refractivity contribution < 1.29 is 4.74 Å². The highest BCUT2D eigenvalue weighted by Crippen LogP contribution is 2.44. The summed E-state index contributed by atoms with van der Waals surface area (Å²) in [4.78, 5) is 5.57. The summed E-state index contributed by atoms with van der Waals surface area (Å²) in [6.45, 7) is 6.87. The fraction of sp³-hybridized carbons (Fsp3) is 0.824. The number of thiazole rings is 1. The lowest BCUT2D eigenvalue weighted by molar-refractivity contribution is 0.340. The molecule has 122 valence electrons. The predicted octanol–water partition coefficient (Wildman–Crippen LogP) is 6.61. The van der Waals surface area contributed by atoms with E-state index in [2.05, 4.69) is 25.8 Å². The standard InChI is InChI=1S/C17H30ClNOS/c1-5-7-9-11-13-17(3,12-10-8-6-2)14-15(20-4)19-16(18)21-14/h5-13H2,1-4H3. The molecule has 1 atom stereocenters. The Bertz CT molecular complexity index is 407. The quantitative estimate of drug-likeness (QED) is 0.425. The maximum atomic E-state index is 6.12. The summed E-state index contributed by atoms with van der Waals surface area (Å²) in [7, 11) is 1.69. The summed E-state index contributed by atoms with van der Waals surface area (Å²) in [5.74, 6) is 0.736. The number of halogens is 1. The third kappa shape index (κ3) is 5.78. The van der Waals surface area contributed by atoms with Crippen LogP contribution in [-0.2, 0) is 5.41 Å². The van der Waals surface area contributed by atoms with Crippen LogP contribution in [0.15, 0.2) is 0 Å². The molecule has 0 radical (unpaired) electrons. The Morgan fingerprint density at radius 1 is 1.05 bits per heavy atom. The summed E-state index contributed by atoms with van der Waals surface area (Å²) in [6, 6.07) is 0. The van der Waals surface area contributed by atoms with Crippen LogP contribution in [0.4, 0.5) is 0 Å². The molecule has 0 saturated heterocycles. The summed E-state index contributed by atoms with van der Waals surface area (Å²) >= 11 is 7.72. The Morgan fingerprint density at radius 3 is 2.19 bits per heavy atom. The van der Waals surface area contributed by atoms with Crippen molar-refractivity contribution in [3.05, 3.63) is 9.34 Å². The molecule has 0 aliphatic carbocycles. The lowest BCUT2D eigenvalue weighted by atomic mass is 9.78. The smallest absolute Gasteiger partial charge is 0.229 e. The molecule has 1 heterocycles. The van der Waals surface area contributed by atoms with Crippen molar-refractivity contribution in [1.82, 2.24) is 4.98 Å². The van der Waals surface area contributed by atoms with E-state index in [4.69, 9.17) is 16.3 Å². The minimum atomic E-state index is 0.152. The SMILES string of the molecule is CCCCCCC(C)(CCCCC)c1sc(Cl)nc1OC. The second-order valence-electron chi connectivity index (χ2n) is 6.13. The maximum absolute atomic E-state index is 6.12. The van der Waals surface area contributed by atoms with E-state index in [1.165, 1.54) is 62.7 Å². The molecule has 0 saturated carbocycles. The summed E-state index contributed by atoms with van der Waals surface area (Å²) in [5, 5.41) is 0. The van der Waals surface area contributed by atoms with Gasteiger partial charge in [0, 0.05) is 5.41 Å². The number of hydrogen-bond donors (Lipinski definition) is 0. The molecule has 0 aromatic carbocycles. The zero-order chi connectivity index (χ0) is 15.7. The van der Waals surface area contributed by atoms with Gasteiger partial charge in [0.15, 0.2) is 4.47 Å². The van der Waals surface area contributed by atoms with Gasteiger partial charge in [-0.05, 0) is 12.8 Å². The molecule has 0 fully saturated rings. The van der Waals surface area contributed by atoms with Crippen LogP contribution >= 0.6 is 22.9 Å². The van der Waals surface area contributed by atoms with Gasteiger partial charge in [-0.25, -0.2) is 0 Å². The molecular weight excluding hydrogens is 302 g/mol. The number of ether oxygens (including phenoxy) is 1. The number of hydrogen-bond acceptors (Lipinski definition) is 3. The molecular formula is C17H30ClNOS. The second kappa shape index (κ2) is 9.68. The van der Waals surface area contributed by atoms with Gasteiger partial charge in [-0.15, -0.1) is 11.3 Å². The zero-order valence-electron chi connectivity index (χ0n) is 14.0. The van der Waals surface area contributed by atoms with Crippen LogP contribution in [0.5, 0.6) is 5.88 Å². The van der Waals surface area contributed by atoms with Crippen molar-refractivity contribution >= 4 is 22.9 Å². The van der Waals surface area contributed by atoms with E-state index in [0.717, 1.165) is 5.88 Å². The Kier molecular flexibility index (Phi) is 8.65. The average molecular weight is 332 g/mol. The first-order valence-electron chi connectivity index (χ1n) is 8.28. The maximum Gasteiger partial charge on any atom is 0.229 e. The molecule has 2 nitrogen and oxygen atoms in total. The first-order valence-corrected chi connectivity index (χ1v) is 9.47. The molecule has 1 rings (SSSR count). The van der Waals surface area contributed by atoms with E-state index >= 15 is 0 Å². The number of rotatable bonds is 11. The van der Waals surface area contributed by atoms with Crippen LogP contribution in [0.25, 0.3) is 0 Å². The van der Waals surface area contributed by atoms with Crippen molar-refractivity contribution in [2.75, 3.05) is 7.11 Å². The Balaban J connectivity index is 2.82. The lowest BCUT2D eigenvalue weighted by Crippen LogP contribution is -2.21. The molecule has 0 amide bonds. The van der Waals surface area contributed by atoms with Crippen LogP contribution in [0.2, 0.25) is 4.47 Å². The number of aromatic nitrogens is 1. The molecule has 0 spiro atoms. The van der Waals surface area contributed by atoms with Gasteiger partial charge in [0.1, 0.15) is 0 Å². The van der Waals surface area contributed by atoms with Gasteiger partial charge in [0.2, 0.25) is 5.88 Å². The van der Waals surface area contributed by atoms with Gasteiger partial charge in [0.25, 0.3) is 0 Å². The molecule has 1 aromatic rings. The topological polar surface area (TPSA) is 22.1 Å². The van der Waals surface area contributed by atoms with E-state index in [1.54, 1.807) is 18.4 Å². The van der Waals surface area contributed by atoms with Crippen LogP contribution in [0, 0.1) is 0 Å². The third-order valence-corrected chi connectivity index (χ3v) is 5.67. The Hall–Kier alpha value is -0.280. The summed E-state index contributed by atoms with van der Waals surface area (Å²) in [5.41, 5.74) is 0.152. The van der Waals surface area contributed by atoms with Crippen molar-refractivity contribution in [2.45, 2.75) is 84.0 Å². The number of methoxy groups -OCH3 is 1. The van der Waals surface area contributed by atoms with E-state index in [-0.39, 0.29) is 5.41 Å². The van der Waals surface area contributed by atoms with Gasteiger partial charge in [-0.3, -0.25) is 0 Å². The van der Waals surface area contributed by atoms with Crippen molar-refractivity contribution in [3.8, 4) is 5.88 Å². The Labute approximate surface area is 139 Å². The third-order valence-electron chi connectivity index (χ3n) is 4.23. The highest BCUT2D eigenvalue weighted by molar-refractivity contribution is 7.16. The highest BCUT2D eigenvalue weighted by atomic mass is 35.5. The van der Waals surface area contributed by atoms with Gasteiger partial charge in [0.05, 0.1) is 12.0 Å². The van der Waals surface area contributed by atoms with Crippen LogP contribution in [-0.4, -0.2) is 12.1 Å². The minimum Gasteiger partial charge on any atom is -0.480 e. The average Bonchev–Trinajstić information content (AvgIpc) is 2.86. The molecule has 21 heavy (non-hydrogen) atoms. The van der Waals surface area contributed by atoms with Crippen molar-refractivity contribution in [2.24, 2.45) is 0 Å². The van der Waals surface area contributed by atoms with E-state index in [0.29, 0.717) is 4.47 Å². The van der Waals surface area contributed by atoms with Gasteiger partial charge in [-0.1, -0.05) is 77.3 Å². The lowest BCUT2D eigenvalue weighted by Gasteiger charge is -2.29. The number of nitrogens with zero attached hydrogens (tertiary/aromatic N) is 1. The number of unbranched alkanes of at least 4 members (excludes halogenated alkanes) is 5. The fourth-order valence-electron chi connectivity index (χ4n) is 2.86. The summed E-state index contributed by atoms with van der Waals surface area (Å²) < 4.78 is 6.06. The van der Waals surface area contributed by atoms with Crippen LogP contribution in [0.1, 0.15) is 83.4 Å². The molecule has 0 aliphatic heterocycles. The first kappa shape index (κ1) is 18.8. The Morgan fingerprint density at radius 2 is 1.62 bits per heavy atom. The molecule has 1 unspecified atom stereocenters. The van der Waals surface area contributed by atoms with Gasteiger partial charge in [-0.2, -0.15) is 4.98 Å². The summed E-state index contributed by atoms with van der Waals surface area (Å²) in [6.07, 6.45) is 11.4. The predicted molar refractivity (Wildman–Crippen MR) is 93.9 cm³/mol. The molecule has 0 aliphatic rings. The van der Waals surface area contributed by atoms with Gasteiger partial charge >= 0.3 is 0 Å².